The Balaban J connectivity index is 1.47. The van der Waals surface area contributed by atoms with Crippen molar-refractivity contribution in [3.63, 3.8) is 0 Å². The number of benzene rings is 1. The molecular weight excluding hydrogens is 328 g/mol. The Morgan fingerprint density at radius 3 is 2.88 bits per heavy atom. The Hall–Kier alpha value is -1.92. The Bertz CT molecular complexity index is 686. The van der Waals surface area contributed by atoms with E-state index >= 15 is 0 Å². The van der Waals surface area contributed by atoms with Gasteiger partial charge in [0.2, 0.25) is 17.6 Å². The average Bonchev–Trinajstić information content (AvgIpc) is 3.24. The van der Waals surface area contributed by atoms with E-state index in [9.17, 15) is 4.79 Å². The fraction of sp³-hybridized carbons (Fsp3) is 0.471. The van der Waals surface area contributed by atoms with Gasteiger partial charge < -0.3 is 15.2 Å². The first-order chi connectivity index (χ1) is 11.7. The third kappa shape index (κ3) is 4.13. The number of likely N-dealkylation sites (tertiary alicyclic amines) is 1. The van der Waals surface area contributed by atoms with Gasteiger partial charge in [0.05, 0.1) is 0 Å². The number of halogens is 1. The molecule has 1 fully saturated rings. The molecule has 2 heterocycles. The van der Waals surface area contributed by atoms with Crippen LogP contribution >= 0.6 is 11.6 Å². The first-order valence-corrected chi connectivity index (χ1v) is 8.60. The van der Waals surface area contributed by atoms with Crippen molar-refractivity contribution in [3.8, 4) is 11.4 Å². The Labute approximate surface area is 146 Å². The highest BCUT2D eigenvalue weighted by Gasteiger charge is 2.24. The zero-order chi connectivity index (χ0) is 16.9. The quantitative estimate of drug-likeness (QED) is 0.867. The topological polar surface area (TPSA) is 85.2 Å². The number of aryl methyl sites for hydroxylation is 1. The number of aromatic nitrogens is 2. The number of hydrogen-bond donors (Lipinski definition) is 1. The lowest BCUT2D eigenvalue weighted by molar-refractivity contribution is -0.130. The van der Waals surface area contributed by atoms with Gasteiger partial charge >= 0.3 is 0 Å². The van der Waals surface area contributed by atoms with Crippen LogP contribution in [0.4, 0.5) is 0 Å². The van der Waals surface area contributed by atoms with Gasteiger partial charge in [0.25, 0.3) is 0 Å². The van der Waals surface area contributed by atoms with Gasteiger partial charge in [-0.2, -0.15) is 4.98 Å². The van der Waals surface area contributed by atoms with Crippen LogP contribution < -0.4 is 5.73 Å². The summed E-state index contributed by atoms with van der Waals surface area (Å²) >= 11 is 5.87. The van der Waals surface area contributed by atoms with Gasteiger partial charge in [0.1, 0.15) is 0 Å². The maximum atomic E-state index is 12.2. The number of carbonyl (C=O) groups excluding carboxylic acids is 1. The molecule has 1 amide bonds. The summed E-state index contributed by atoms with van der Waals surface area (Å²) in [7, 11) is 0. The lowest BCUT2D eigenvalue weighted by atomic mass is 10.1. The van der Waals surface area contributed by atoms with Crippen LogP contribution in [0.1, 0.15) is 25.2 Å². The van der Waals surface area contributed by atoms with Crippen LogP contribution in [0, 0.1) is 5.92 Å². The van der Waals surface area contributed by atoms with Crippen molar-refractivity contribution in [1.82, 2.24) is 15.0 Å². The first kappa shape index (κ1) is 16.9. The normalized spacial score (nSPS) is 17.4. The molecule has 2 N–H and O–H groups in total. The van der Waals surface area contributed by atoms with Crippen LogP contribution in [0.5, 0.6) is 0 Å². The Kier molecular flexibility index (Phi) is 5.48. The van der Waals surface area contributed by atoms with Crippen molar-refractivity contribution in [1.29, 1.82) is 0 Å². The third-order valence-electron chi connectivity index (χ3n) is 4.32. The zero-order valence-corrected chi connectivity index (χ0v) is 14.2. The molecule has 1 aromatic carbocycles. The van der Waals surface area contributed by atoms with Crippen LogP contribution in [0.15, 0.2) is 28.8 Å². The van der Waals surface area contributed by atoms with E-state index in [0.29, 0.717) is 48.5 Å². The maximum Gasteiger partial charge on any atom is 0.226 e. The van der Waals surface area contributed by atoms with Gasteiger partial charge in [-0.25, -0.2) is 0 Å². The molecule has 6 nitrogen and oxygen atoms in total. The fourth-order valence-corrected chi connectivity index (χ4v) is 3.00. The molecule has 1 atom stereocenters. The molecule has 7 heteroatoms. The molecule has 1 aliphatic rings. The molecule has 1 unspecified atom stereocenters. The lowest BCUT2D eigenvalue weighted by Crippen LogP contribution is -2.29. The number of nitrogens with zero attached hydrogens (tertiary/aromatic N) is 3. The minimum atomic E-state index is 0.184. The predicted octanol–water partition coefficient (Wildman–Crippen LogP) is 2.52. The van der Waals surface area contributed by atoms with Crippen molar-refractivity contribution in [3.05, 3.63) is 35.2 Å². The average molecular weight is 349 g/mol. The first-order valence-electron chi connectivity index (χ1n) is 8.22. The summed E-state index contributed by atoms with van der Waals surface area (Å²) < 4.78 is 5.26. The standard InChI is InChI=1S/C17H21ClN4O2/c18-14-6-4-13(5-7-14)17-20-15(24-21-17)2-1-3-16(23)22-9-8-12(10-19)11-22/h4-7,12H,1-3,8-11,19H2. The number of hydrogen-bond acceptors (Lipinski definition) is 5. The van der Waals surface area contributed by atoms with Crippen LogP contribution in [0.25, 0.3) is 11.4 Å². The second kappa shape index (κ2) is 7.77. The number of carbonyl (C=O) groups is 1. The number of rotatable bonds is 6. The lowest BCUT2D eigenvalue weighted by Gasteiger charge is -2.15. The predicted molar refractivity (Wildman–Crippen MR) is 91.4 cm³/mol. The van der Waals surface area contributed by atoms with Crippen molar-refractivity contribution >= 4 is 17.5 Å². The summed E-state index contributed by atoms with van der Waals surface area (Å²) in [6.07, 6.45) is 2.80. The number of nitrogens with two attached hydrogens (primary N) is 1. The van der Waals surface area contributed by atoms with Crippen molar-refractivity contribution < 1.29 is 9.32 Å². The van der Waals surface area contributed by atoms with Gasteiger partial charge in [-0.1, -0.05) is 16.8 Å². The van der Waals surface area contributed by atoms with Crippen LogP contribution in [0.2, 0.25) is 5.02 Å². The van der Waals surface area contributed by atoms with E-state index in [-0.39, 0.29) is 5.91 Å². The molecule has 0 bridgehead atoms. The van der Waals surface area contributed by atoms with E-state index in [1.807, 2.05) is 17.0 Å². The highest BCUT2D eigenvalue weighted by Crippen LogP contribution is 2.20. The van der Waals surface area contributed by atoms with Gasteiger partial charge in [0, 0.05) is 36.5 Å². The SMILES string of the molecule is NCC1CCN(C(=O)CCCc2nc(-c3ccc(Cl)cc3)no2)C1. The molecule has 0 spiro atoms. The van der Waals surface area contributed by atoms with Crippen molar-refractivity contribution in [2.24, 2.45) is 11.7 Å². The molecule has 0 aliphatic carbocycles. The van der Waals surface area contributed by atoms with Crippen LogP contribution in [-0.2, 0) is 11.2 Å². The molecule has 1 aromatic heterocycles. The summed E-state index contributed by atoms with van der Waals surface area (Å²) in [4.78, 5) is 18.4. The van der Waals surface area contributed by atoms with Crippen LogP contribution in [-0.4, -0.2) is 40.6 Å². The van der Waals surface area contributed by atoms with E-state index in [4.69, 9.17) is 21.9 Å². The van der Waals surface area contributed by atoms with Gasteiger partial charge in [-0.3, -0.25) is 4.79 Å². The largest absolute Gasteiger partial charge is 0.342 e. The van der Waals surface area contributed by atoms with E-state index in [1.165, 1.54) is 0 Å². The van der Waals surface area contributed by atoms with E-state index in [1.54, 1.807) is 12.1 Å². The molecule has 2 aromatic rings. The van der Waals surface area contributed by atoms with Gasteiger partial charge in [0.15, 0.2) is 0 Å². The van der Waals surface area contributed by atoms with Crippen molar-refractivity contribution in [2.75, 3.05) is 19.6 Å². The van der Waals surface area contributed by atoms with Gasteiger partial charge in [-0.05, 0) is 49.6 Å². The molecule has 3 rings (SSSR count). The Morgan fingerprint density at radius 1 is 1.38 bits per heavy atom. The fourth-order valence-electron chi connectivity index (χ4n) is 2.87. The van der Waals surface area contributed by atoms with Gasteiger partial charge in [-0.15, -0.1) is 0 Å². The molecule has 0 saturated carbocycles. The molecular formula is C17H21ClN4O2. The van der Waals surface area contributed by atoms with E-state index < -0.39 is 0 Å². The Morgan fingerprint density at radius 2 is 2.17 bits per heavy atom. The molecule has 128 valence electrons. The van der Waals surface area contributed by atoms with E-state index in [0.717, 1.165) is 25.1 Å². The highest BCUT2D eigenvalue weighted by molar-refractivity contribution is 6.30. The minimum Gasteiger partial charge on any atom is -0.342 e. The second-order valence-corrected chi connectivity index (χ2v) is 6.54. The minimum absolute atomic E-state index is 0.184. The summed E-state index contributed by atoms with van der Waals surface area (Å²) in [6.45, 7) is 2.26. The summed E-state index contributed by atoms with van der Waals surface area (Å²) in [5.41, 5.74) is 6.51. The monoisotopic (exact) mass is 348 g/mol. The smallest absolute Gasteiger partial charge is 0.226 e. The number of amides is 1. The molecule has 0 radical (unpaired) electrons. The molecule has 24 heavy (non-hydrogen) atoms. The summed E-state index contributed by atoms with van der Waals surface area (Å²) in [6, 6.07) is 7.27. The highest BCUT2D eigenvalue weighted by atomic mass is 35.5. The van der Waals surface area contributed by atoms with Crippen molar-refractivity contribution in [2.45, 2.75) is 25.7 Å². The van der Waals surface area contributed by atoms with Crippen LogP contribution in [0.3, 0.4) is 0 Å². The zero-order valence-electron chi connectivity index (χ0n) is 13.4. The summed E-state index contributed by atoms with van der Waals surface area (Å²) in [5, 5.41) is 4.64. The van der Waals surface area contributed by atoms with E-state index in [2.05, 4.69) is 10.1 Å². The summed E-state index contributed by atoms with van der Waals surface area (Å²) in [5.74, 6) is 1.72. The second-order valence-electron chi connectivity index (χ2n) is 6.10. The maximum absolute atomic E-state index is 12.2. The molecule has 1 aliphatic heterocycles. The third-order valence-corrected chi connectivity index (χ3v) is 4.58. The molecule has 1 saturated heterocycles.